The van der Waals surface area contributed by atoms with Crippen LogP contribution >= 0.6 is 0 Å². The minimum atomic E-state index is -0.289. The van der Waals surface area contributed by atoms with E-state index >= 15 is 0 Å². The molecule has 0 amide bonds. The van der Waals surface area contributed by atoms with Crippen molar-refractivity contribution >= 4 is 0 Å². The number of oxazole rings is 1. The molecule has 0 bridgehead atoms. The summed E-state index contributed by atoms with van der Waals surface area (Å²) in [6.45, 7) is 4.42. The molecule has 25 heavy (non-hydrogen) atoms. The first-order chi connectivity index (χ1) is 12.2. The van der Waals surface area contributed by atoms with Crippen LogP contribution in [0.25, 0.3) is 11.5 Å². The molecule has 0 radical (unpaired) electrons. The van der Waals surface area contributed by atoms with Crippen molar-refractivity contribution in [3.8, 4) is 11.5 Å². The van der Waals surface area contributed by atoms with E-state index in [0.717, 1.165) is 30.1 Å². The Balaban J connectivity index is 1.51. The van der Waals surface area contributed by atoms with Crippen LogP contribution < -0.4 is 5.32 Å². The molecule has 0 saturated carbocycles. The van der Waals surface area contributed by atoms with E-state index in [9.17, 15) is 4.39 Å². The van der Waals surface area contributed by atoms with E-state index in [4.69, 9.17) is 9.15 Å². The molecule has 1 atom stereocenters. The van der Waals surface area contributed by atoms with Gasteiger partial charge in [0.25, 0.3) is 0 Å². The fourth-order valence-electron chi connectivity index (χ4n) is 2.75. The summed E-state index contributed by atoms with van der Waals surface area (Å²) in [5, 5.41) is 11.7. The zero-order valence-electron chi connectivity index (χ0n) is 13.8. The maximum atomic E-state index is 13.0. The average Bonchev–Trinajstić information content (AvgIpc) is 3.24. The Kier molecular flexibility index (Phi) is 4.29. The molecule has 2 aromatic heterocycles. The third-order valence-corrected chi connectivity index (χ3v) is 4.13. The van der Waals surface area contributed by atoms with Crippen LogP contribution in [0.15, 0.2) is 34.9 Å². The van der Waals surface area contributed by atoms with Crippen molar-refractivity contribution in [1.82, 2.24) is 25.3 Å². The first-order valence-electron chi connectivity index (χ1n) is 8.12. The van der Waals surface area contributed by atoms with Gasteiger partial charge < -0.3 is 14.5 Å². The minimum absolute atomic E-state index is 0.0654. The van der Waals surface area contributed by atoms with Crippen LogP contribution in [-0.4, -0.2) is 39.7 Å². The average molecular weight is 343 g/mol. The summed E-state index contributed by atoms with van der Waals surface area (Å²) in [7, 11) is 0. The number of nitrogens with zero attached hydrogens (tertiary/aromatic N) is 4. The van der Waals surface area contributed by atoms with Crippen molar-refractivity contribution in [1.29, 1.82) is 0 Å². The van der Waals surface area contributed by atoms with Crippen LogP contribution in [0, 0.1) is 12.7 Å². The molecule has 130 valence electrons. The van der Waals surface area contributed by atoms with Gasteiger partial charge in [-0.3, -0.25) is 0 Å². The molecule has 8 heteroatoms. The summed E-state index contributed by atoms with van der Waals surface area (Å²) in [5.41, 5.74) is 2.35. The Morgan fingerprint density at radius 2 is 2.16 bits per heavy atom. The molecule has 1 aliphatic rings. The van der Waals surface area contributed by atoms with Crippen LogP contribution in [0.3, 0.4) is 0 Å². The van der Waals surface area contributed by atoms with Crippen LogP contribution in [0.4, 0.5) is 4.39 Å². The Hall–Kier alpha value is -2.58. The maximum absolute atomic E-state index is 13.0. The highest BCUT2D eigenvalue weighted by molar-refractivity contribution is 5.53. The molecule has 1 unspecified atom stereocenters. The lowest BCUT2D eigenvalue weighted by atomic mass is 10.2. The number of aromatic nitrogens is 4. The van der Waals surface area contributed by atoms with Gasteiger partial charge in [-0.05, 0) is 31.2 Å². The van der Waals surface area contributed by atoms with Gasteiger partial charge in [0, 0.05) is 12.1 Å². The maximum Gasteiger partial charge on any atom is 0.226 e. The monoisotopic (exact) mass is 343 g/mol. The number of rotatable bonds is 4. The van der Waals surface area contributed by atoms with Gasteiger partial charge in [0.05, 0.1) is 32.0 Å². The molecule has 4 rings (SSSR count). The van der Waals surface area contributed by atoms with Gasteiger partial charge in [-0.25, -0.2) is 14.1 Å². The zero-order chi connectivity index (χ0) is 17.2. The fourth-order valence-corrected chi connectivity index (χ4v) is 2.75. The quantitative estimate of drug-likeness (QED) is 0.782. The number of aryl methyl sites for hydroxylation is 1. The van der Waals surface area contributed by atoms with E-state index in [-0.39, 0.29) is 11.9 Å². The van der Waals surface area contributed by atoms with Crippen molar-refractivity contribution in [2.24, 2.45) is 0 Å². The smallest absolute Gasteiger partial charge is 0.226 e. The van der Waals surface area contributed by atoms with Gasteiger partial charge in [0.15, 0.2) is 0 Å². The van der Waals surface area contributed by atoms with Crippen molar-refractivity contribution in [2.45, 2.75) is 19.5 Å². The van der Waals surface area contributed by atoms with Crippen LogP contribution in [0.2, 0.25) is 0 Å². The van der Waals surface area contributed by atoms with Gasteiger partial charge in [-0.2, -0.15) is 0 Å². The van der Waals surface area contributed by atoms with E-state index in [1.54, 1.807) is 16.8 Å². The lowest BCUT2D eigenvalue weighted by Gasteiger charge is -2.21. The third-order valence-electron chi connectivity index (χ3n) is 4.13. The summed E-state index contributed by atoms with van der Waals surface area (Å²) < 4.78 is 25.9. The summed E-state index contributed by atoms with van der Waals surface area (Å²) in [5.74, 6) is 0.883. The summed E-state index contributed by atoms with van der Waals surface area (Å²) in [4.78, 5) is 4.51. The van der Waals surface area contributed by atoms with Gasteiger partial charge in [-0.15, -0.1) is 5.10 Å². The van der Waals surface area contributed by atoms with Crippen molar-refractivity contribution in [3.05, 3.63) is 53.4 Å². The number of nitrogens with one attached hydrogen (secondary N) is 1. The molecule has 3 aromatic rings. The van der Waals surface area contributed by atoms with Crippen molar-refractivity contribution < 1.29 is 13.5 Å². The van der Waals surface area contributed by atoms with Gasteiger partial charge in [0.1, 0.15) is 23.0 Å². The lowest BCUT2D eigenvalue weighted by molar-refractivity contribution is 0.0756. The van der Waals surface area contributed by atoms with Crippen LogP contribution in [0.5, 0.6) is 0 Å². The molecule has 0 spiro atoms. The second-order valence-electron chi connectivity index (χ2n) is 5.95. The Morgan fingerprint density at radius 1 is 1.32 bits per heavy atom. The van der Waals surface area contributed by atoms with Crippen LogP contribution in [-0.2, 0) is 11.3 Å². The Morgan fingerprint density at radius 3 is 2.92 bits per heavy atom. The number of ether oxygens (including phenoxy) is 1. The first kappa shape index (κ1) is 15.9. The Labute approximate surface area is 143 Å². The van der Waals surface area contributed by atoms with Crippen LogP contribution in [0.1, 0.15) is 23.2 Å². The molecular formula is C17H18FN5O2. The molecule has 1 aliphatic heterocycles. The molecule has 3 heterocycles. The summed E-state index contributed by atoms with van der Waals surface area (Å²) in [6, 6.07) is 6.13. The normalized spacial score (nSPS) is 17.8. The van der Waals surface area contributed by atoms with E-state index in [2.05, 4.69) is 20.6 Å². The molecule has 1 aromatic carbocycles. The van der Waals surface area contributed by atoms with Gasteiger partial charge >= 0.3 is 0 Å². The number of hydrogen-bond donors (Lipinski definition) is 1. The van der Waals surface area contributed by atoms with E-state index in [1.165, 1.54) is 12.1 Å². The van der Waals surface area contributed by atoms with Gasteiger partial charge in [-0.1, -0.05) is 5.21 Å². The SMILES string of the molecule is Cc1oc(-c2ccc(F)cc2)nc1Cn1cc(C2COCCN2)nn1. The number of benzene rings is 1. The van der Waals surface area contributed by atoms with E-state index < -0.39 is 0 Å². The van der Waals surface area contributed by atoms with E-state index in [0.29, 0.717) is 24.8 Å². The summed E-state index contributed by atoms with van der Waals surface area (Å²) >= 11 is 0. The fraction of sp³-hybridized carbons (Fsp3) is 0.353. The lowest BCUT2D eigenvalue weighted by Crippen LogP contribution is -2.34. The molecule has 1 N–H and O–H groups in total. The highest BCUT2D eigenvalue weighted by Crippen LogP contribution is 2.22. The summed E-state index contributed by atoms with van der Waals surface area (Å²) in [6.07, 6.45) is 1.89. The second-order valence-corrected chi connectivity index (χ2v) is 5.95. The molecule has 0 aliphatic carbocycles. The van der Waals surface area contributed by atoms with Gasteiger partial charge in [0.2, 0.25) is 5.89 Å². The standard InChI is InChI=1S/C17H18FN5O2/c1-11-14(20-17(25-11)12-2-4-13(18)5-3-12)8-23-9-15(21-22-23)16-10-24-7-6-19-16/h2-5,9,16,19H,6-8,10H2,1H3. The minimum Gasteiger partial charge on any atom is -0.441 e. The highest BCUT2D eigenvalue weighted by Gasteiger charge is 2.19. The third kappa shape index (κ3) is 3.45. The predicted molar refractivity (Wildman–Crippen MR) is 87.3 cm³/mol. The largest absolute Gasteiger partial charge is 0.441 e. The molecule has 1 saturated heterocycles. The second kappa shape index (κ2) is 6.73. The molecule has 1 fully saturated rings. The zero-order valence-corrected chi connectivity index (χ0v) is 13.8. The number of hydrogen-bond acceptors (Lipinski definition) is 6. The topological polar surface area (TPSA) is 78.0 Å². The number of morpholine rings is 1. The highest BCUT2D eigenvalue weighted by atomic mass is 19.1. The van der Waals surface area contributed by atoms with E-state index in [1.807, 2.05) is 13.1 Å². The molecular weight excluding hydrogens is 325 g/mol. The van der Waals surface area contributed by atoms with Crippen molar-refractivity contribution in [3.63, 3.8) is 0 Å². The Bertz CT molecular complexity index is 852. The first-order valence-corrected chi connectivity index (χ1v) is 8.12. The predicted octanol–water partition coefficient (Wildman–Crippen LogP) is 2.09. The van der Waals surface area contributed by atoms with Crippen molar-refractivity contribution in [2.75, 3.05) is 19.8 Å². The molecule has 7 nitrogen and oxygen atoms in total. The number of halogens is 1.